The van der Waals surface area contributed by atoms with E-state index in [1.807, 2.05) is 13.1 Å². The van der Waals surface area contributed by atoms with Crippen LogP contribution >= 0.6 is 0 Å². The number of rotatable bonds is 6. The molecule has 2 N–H and O–H groups in total. The van der Waals surface area contributed by atoms with E-state index in [1.54, 1.807) is 0 Å². The van der Waals surface area contributed by atoms with Crippen molar-refractivity contribution >= 4 is 10.9 Å². The minimum Gasteiger partial charge on any atom is -0.377 e. The highest BCUT2D eigenvalue weighted by Gasteiger charge is 2.01. The van der Waals surface area contributed by atoms with Crippen LogP contribution in [0.15, 0.2) is 30.5 Å². The van der Waals surface area contributed by atoms with Crippen molar-refractivity contribution in [2.24, 2.45) is 0 Å². The number of aromatic nitrogens is 1. The fourth-order valence-corrected chi connectivity index (χ4v) is 1.97. The van der Waals surface area contributed by atoms with Crippen LogP contribution in [0.25, 0.3) is 10.9 Å². The fourth-order valence-electron chi connectivity index (χ4n) is 1.97. The molecule has 1 aromatic heterocycles. The third-order valence-corrected chi connectivity index (χ3v) is 2.83. The highest BCUT2D eigenvalue weighted by molar-refractivity contribution is 5.79. The van der Waals surface area contributed by atoms with Crippen molar-refractivity contribution in [1.29, 1.82) is 0 Å². The second kappa shape index (κ2) is 5.84. The normalized spacial score (nSPS) is 13.1. The number of nitrogens with one attached hydrogen (secondary N) is 2. The van der Waals surface area contributed by atoms with Crippen LogP contribution in [0.1, 0.15) is 19.4 Å². The molecule has 0 aliphatic heterocycles. The van der Waals surface area contributed by atoms with Crippen molar-refractivity contribution in [1.82, 2.24) is 10.3 Å². The van der Waals surface area contributed by atoms with Gasteiger partial charge in [-0.25, -0.2) is 0 Å². The van der Waals surface area contributed by atoms with Crippen LogP contribution in [-0.4, -0.2) is 24.2 Å². The molecule has 0 saturated heterocycles. The number of fused-ring (bicyclic) bond motifs is 1. The first-order valence-corrected chi connectivity index (χ1v) is 6.18. The minimum absolute atomic E-state index is 0.272. The molecule has 1 heterocycles. The van der Waals surface area contributed by atoms with Gasteiger partial charge in [-0.2, -0.15) is 0 Å². The molecule has 0 radical (unpaired) electrons. The van der Waals surface area contributed by atoms with E-state index < -0.39 is 0 Å². The number of benzene rings is 1. The largest absolute Gasteiger partial charge is 0.377 e. The van der Waals surface area contributed by atoms with Gasteiger partial charge in [0.15, 0.2) is 0 Å². The number of hydrogen-bond donors (Lipinski definition) is 2. The van der Waals surface area contributed by atoms with Crippen molar-refractivity contribution in [3.63, 3.8) is 0 Å². The summed E-state index contributed by atoms with van der Waals surface area (Å²) in [5, 5.41) is 4.66. The van der Waals surface area contributed by atoms with Crippen molar-refractivity contribution in [2.75, 3.05) is 13.2 Å². The average Bonchev–Trinajstić information content (AvgIpc) is 2.76. The lowest BCUT2D eigenvalue weighted by Crippen LogP contribution is -2.26. The summed E-state index contributed by atoms with van der Waals surface area (Å²) in [6, 6.07) is 8.58. The molecule has 2 rings (SSSR count). The van der Waals surface area contributed by atoms with Crippen LogP contribution in [0.3, 0.4) is 0 Å². The summed E-state index contributed by atoms with van der Waals surface area (Å²) in [5.74, 6) is 0. The van der Waals surface area contributed by atoms with Crippen molar-refractivity contribution in [3.8, 4) is 0 Å². The standard InChI is InChI=1S/C14H20N2O/c1-3-17-11(2)9-15-10-12-4-5-13-6-7-16-14(13)8-12/h4-8,11,15-16H,3,9-10H2,1-2H3. The molecule has 1 aromatic carbocycles. The third kappa shape index (κ3) is 3.32. The maximum Gasteiger partial charge on any atom is 0.0671 e. The molecule has 2 aromatic rings. The van der Waals surface area contributed by atoms with E-state index >= 15 is 0 Å². The average molecular weight is 232 g/mol. The Hall–Kier alpha value is -1.32. The molecular formula is C14H20N2O. The summed E-state index contributed by atoms with van der Waals surface area (Å²) in [6.07, 6.45) is 2.24. The molecule has 0 fully saturated rings. The molecule has 0 bridgehead atoms. The lowest BCUT2D eigenvalue weighted by molar-refractivity contribution is 0.0759. The molecule has 0 aliphatic carbocycles. The quantitative estimate of drug-likeness (QED) is 0.803. The van der Waals surface area contributed by atoms with Crippen LogP contribution in [0, 0.1) is 0 Å². The summed E-state index contributed by atoms with van der Waals surface area (Å²) >= 11 is 0. The van der Waals surface area contributed by atoms with Crippen LogP contribution in [0.5, 0.6) is 0 Å². The molecule has 3 nitrogen and oxygen atoms in total. The molecule has 0 spiro atoms. The molecule has 0 amide bonds. The molecule has 92 valence electrons. The lowest BCUT2D eigenvalue weighted by Gasteiger charge is -2.12. The Labute approximate surface area is 102 Å². The Balaban J connectivity index is 1.86. The predicted octanol–water partition coefficient (Wildman–Crippen LogP) is 2.68. The van der Waals surface area contributed by atoms with E-state index in [1.165, 1.54) is 16.5 Å². The number of H-pyrrole nitrogens is 1. The van der Waals surface area contributed by atoms with Gasteiger partial charge in [0.1, 0.15) is 0 Å². The zero-order valence-corrected chi connectivity index (χ0v) is 10.5. The van der Waals surface area contributed by atoms with Gasteiger partial charge in [-0.05, 0) is 36.9 Å². The molecule has 1 unspecified atom stereocenters. The van der Waals surface area contributed by atoms with E-state index in [2.05, 4.69) is 41.5 Å². The fraction of sp³-hybridized carbons (Fsp3) is 0.429. The molecule has 3 heteroatoms. The summed E-state index contributed by atoms with van der Waals surface area (Å²) in [4.78, 5) is 3.23. The molecule has 0 saturated carbocycles. The van der Waals surface area contributed by atoms with Crippen LogP contribution in [-0.2, 0) is 11.3 Å². The predicted molar refractivity (Wildman–Crippen MR) is 71.1 cm³/mol. The van der Waals surface area contributed by atoms with Gasteiger partial charge in [-0.3, -0.25) is 0 Å². The Morgan fingerprint density at radius 2 is 2.24 bits per heavy atom. The van der Waals surface area contributed by atoms with Gasteiger partial charge in [0.25, 0.3) is 0 Å². The van der Waals surface area contributed by atoms with Gasteiger partial charge >= 0.3 is 0 Å². The Bertz CT molecular complexity index is 464. The summed E-state index contributed by atoms with van der Waals surface area (Å²) < 4.78 is 5.47. The first kappa shape index (κ1) is 12.1. The molecule has 17 heavy (non-hydrogen) atoms. The van der Waals surface area contributed by atoms with Crippen LogP contribution < -0.4 is 5.32 Å². The van der Waals surface area contributed by atoms with E-state index in [4.69, 9.17) is 4.74 Å². The zero-order chi connectivity index (χ0) is 12.1. The van der Waals surface area contributed by atoms with E-state index in [0.717, 1.165) is 19.7 Å². The van der Waals surface area contributed by atoms with E-state index in [-0.39, 0.29) is 6.10 Å². The van der Waals surface area contributed by atoms with Gasteiger partial charge in [0.05, 0.1) is 6.10 Å². The van der Waals surface area contributed by atoms with Gasteiger partial charge in [0.2, 0.25) is 0 Å². The number of ether oxygens (including phenoxy) is 1. The SMILES string of the molecule is CCOC(C)CNCc1ccc2cc[nH]c2c1. The smallest absolute Gasteiger partial charge is 0.0671 e. The first-order valence-electron chi connectivity index (χ1n) is 6.18. The van der Waals surface area contributed by atoms with Crippen molar-refractivity contribution in [2.45, 2.75) is 26.5 Å². The molecule has 1 atom stereocenters. The minimum atomic E-state index is 0.272. The summed E-state index contributed by atoms with van der Waals surface area (Å²) in [5.41, 5.74) is 2.49. The van der Waals surface area contributed by atoms with E-state index in [0.29, 0.717) is 0 Å². The Morgan fingerprint density at radius 3 is 3.06 bits per heavy atom. The first-order chi connectivity index (χ1) is 8.29. The highest BCUT2D eigenvalue weighted by Crippen LogP contribution is 2.13. The molecule has 0 aliphatic rings. The van der Waals surface area contributed by atoms with Gasteiger partial charge in [-0.15, -0.1) is 0 Å². The number of hydrogen-bond acceptors (Lipinski definition) is 2. The Kier molecular flexibility index (Phi) is 4.18. The topological polar surface area (TPSA) is 37.0 Å². The maximum atomic E-state index is 5.47. The Morgan fingerprint density at radius 1 is 1.35 bits per heavy atom. The summed E-state index contributed by atoms with van der Waals surface area (Å²) in [7, 11) is 0. The van der Waals surface area contributed by atoms with Gasteiger partial charge in [0, 0.05) is 31.4 Å². The monoisotopic (exact) mass is 232 g/mol. The number of aromatic amines is 1. The third-order valence-electron chi connectivity index (χ3n) is 2.83. The van der Waals surface area contributed by atoms with Crippen LogP contribution in [0.2, 0.25) is 0 Å². The maximum absolute atomic E-state index is 5.47. The summed E-state index contributed by atoms with van der Waals surface area (Å²) in [6.45, 7) is 6.65. The van der Waals surface area contributed by atoms with Crippen LogP contribution in [0.4, 0.5) is 0 Å². The second-order valence-electron chi connectivity index (χ2n) is 4.30. The van der Waals surface area contributed by atoms with Gasteiger partial charge < -0.3 is 15.0 Å². The van der Waals surface area contributed by atoms with Gasteiger partial charge in [-0.1, -0.05) is 12.1 Å². The zero-order valence-electron chi connectivity index (χ0n) is 10.5. The molecular weight excluding hydrogens is 212 g/mol. The van der Waals surface area contributed by atoms with Crippen molar-refractivity contribution < 1.29 is 4.74 Å². The highest BCUT2D eigenvalue weighted by atomic mass is 16.5. The van der Waals surface area contributed by atoms with E-state index in [9.17, 15) is 0 Å². The second-order valence-corrected chi connectivity index (χ2v) is 4.30. The lowest BCUT2D eigenvalue weighted by atomic mass is 10.1. The van der Waals surface area contributed by atoms with Crippen molar-refractivity contribution in [3.05, 3.63) is 36.0 Å².